The van der Waals surface area contributed by atoms with Gasteiger partial charge in [-0.25, -0.2) is 0 Å². The Labute approximate surface area is 62.0 Å². The van der Waals surface area contributed by atoms with Crippen LogP contribution in [0.5, 0.6) is 0 Å². The van der Waals surface area contributed by atoms with Crippen LogP contribution in [0.4, 0.5) is 0 Å². The summed E-state index contributed by atoms with van der Waals surface area (Å²) in [5.74, 6) is 0.409. The monoisotopic (exact) mass is 141 g/mol. The maximum Gasteiger partial charge on any atom is 0.0624 e. The van der Waals surface area contributed by atoms with Crippen molar-refractivity contribution in [2.45, 2.75) is 13.8 Å². The van der Waals surface area contributed by atoms with E-state index < -0.39 is 0 Å². The zero-order valence-electron chi connectivity index (χ0n) is 6.83. The van der Waals surface area contributed by atoms with Crippen LogP contribution in [-0.2, 0) is 0 Å². The van der Waals surface area contributed by atoms with Gasteiger partial charge < -0.3 is 5.73 Å². The summed E-state index contributed by atoms with van der Waals surface area (Å²) in [5, 5.41) is 7.60. The van der Waals surface area contributed by atoms with E-state index in [1.807, 2.05) is 6.08 Å². The molecule has 10 heavy (non-hydrogen) atoms. The lowest BCUT2D eigenvalue weighted by Gasteiger charge is -2.01. The standard InChI is InChI=1S/C7H15N3/c1-6(2)7(4-5-8)10-9-3/h4,6H,5,8H2,1-3H3/b7-4-,10-9?. The second kappa shape index (κ2) is 5.11. The van der Waals surface area contributed by atoms with E-state index in [-0.39, 0.29) is 0 Å². The average molecular weight is 141 g/mol. The number of nitrogens with two attached hydrogens (primary N) is 1. The molecule has 0 amide bonds. The number of rotatable bonds is 3. The molecule has 0 fully saturated rings. The number of azo groups is 1. The van der Waals surface area contributed by atoms with Gasteiger partial charge in [0.15, 0.2) is 0 Å². The Balaban J connectivity index is 4.11. The van der Waals surface area contributed by atoms with Gasteiger partial charge in [0, 0.05) is 13.6 Å². The van der Waals surface area contributed by atoms with Crippen LogP contribution in [-0.4, -0.2) is 13.6 Å². The molecular weight excluding hydrogens is 126 g/mol. The molecule has 3 heteroatoms. The molecule has 0 aromatic carbocycles. The Bertz CT molecular complexity index is 136. The van der Waals surface area contributed by atoms with Crippen LogP contribution in [0.3, 0.4) is 0 Å². The molecule has 0 heterocycles. The normalized spacial score (nSPS) is 13.5. The first-order chi connectivity index (χ1) is 4.72. The van der Waals surface area contributed by atoms with Gasteiger partial charge in [0.2, 0.25) is 0 Å². The van der Waals surface area contributed by atoms with E-state index in [4.69, 9.17) is 5.73 Å². The van der Waals surface area contributed by atoms with Crippen molar-refractivity contribution in [3.63, 3.8) is 0 Å². The third-order valence-corrected chi connectivity index (χ3v) is 1.13. The van der Waals surface area contributed by atoms with Gasteiger partial charge in [-0.05, 0) is 12.0 Å². The number of nitrogens with zero attached hydrogens (tertiary/aromatic N) is 2. The largest absolute Gasteiger partial charge is 0.327 e. The minimum Gasteiger partial charge on any atom is -0.327 e. The van der Waals surface area contributed by atoms with Crippen molar-refractivity contribution < 1.29 is 0 Å². The summed E-state index contributed by atoms with van der Waals surface area (Å²) < 4.78 is 0. The van der Waals surface area contributed by atoms with E-state index in [1.54, 1.807) is 7.05 Å². The molecule has 0 spiro atoms. The Morgan fingerprint density at radius 1 is 1.60 bits per heavy atom. The summed E-state index contributed by atoms with van der Waals surface area (Å²) in [6.45, 7) is 4.67. The fourth-order valence-corrected chi connectivity index (χ4v) is 0.628. The van der Waals surface area contributed by atoms with Crippen molar-refractivity contribution >= 4 is 0 Å². The van der Waals surface area contributed by atoms with Gasteiger partial charge in [-0.1, -0.05) is 13.8 Å². The summed E-state index contributed by atoms with van der Waals surface area (Å²) >= 11 is 0. The van der Waals surface area contributed by atoms with Crippen LogP contribution < -0.4 is 5.73 Å². The van der Waals surface area contributed by atoms with Gasteiger partial charge in [-0.3, -0.25) is 0 Å². The highest BCUT2D eigenvalue weighted by molar-refractivity contribution is 5.02. The average Bonchev–Trinajstić information content (AvgIpc) is 1.87. The lowest BCUT2D eigenvalue weighted by atomic mass is 10.1. The molecule has 58 valence electrons. The summed E-state index contributed by atoms with van der Waals surface area (Å²) in [7, 11) is 1.66. The van der Waals surface area contributed by atoms with Crippen LogP contribution >= 0.6 is 0 Å². The minimum atomic E-state index is 0.409. The van der Waals surface area contributed by atoms with Gasteiger partial charge in [-0.15, -0.1) is 0 Å². The molecule has 0 aliphatic heterocycles. The lowest BCUT2D eigenvalue weighted by Crippen LogP contribution is -1.98. The van der Waals surface area contributed by atoms with Crippen molar-refractivity contribution in [1.82, 2.24) is 0 Å². The number of hydrogen-bond acceptors (Lipinski definition) is 3. The molecule has 0 atom stereocenters. The second-order valence-electron chi connectivity index (χ2n) is 2.32. The summed E-state index contributed by atoms with van der Waals surface area (Å²) in [6, 6.07) is 0. The Morgan fingerprint density at radius 3 is 2.50 bits per heavy atom. The van der Waals surface area contributed by atoms with Crippen LogP contribution in [0.15, 0.2) is 22.0 Å². The summed E-state index contributed by atoms with van der Waals surface area (Å²) in [4.78, 5) is 0. The highest BCUT2D eigenvalue weighted by Gasteiger charge is 1.98. The highest BCUT2D eigenvalue weighted by atomic mass is 15.1. The van der Waals surface area contributed by atoms with E-state index in [0.717, 1.165) is 5.70 Å². The predicted molar refractivity (Wildman–Crippen MR) is 42.8 cm³/mol. The first kappa shape index (κ1) is 9.30. The van der Waals surface area contributed by atoms with Crippen molar-refractivity contribution in [2.24, 2.45) is 21.9 Å². The lowest BCUT2D eigenvalue weighted by molar-refractivity contribution is 0.734. The maximum absolute atomic E-state index is 5.32. The molecule has 0 saturated heterocycles. The topological polar surface area (TPSA) is 50.7 Å². The number of allylic oxidation sites excluding steroid dienone is 1. The van der Waals surface area contributed by atoms with Gasteiger partial charge in [0.1, 0.15) is 0 Å². The Kier molecular flexibility index (Phi) is 4.76. The molecule has 0 bridgehead atoms. The van der Waals surface area contributed by atoms with Crippen molar-refractivity contribution in [1.29, 1.82) is 0 Å². The molecule has 0 unspecified atom stereocenters. The molecule has 3 nitrogen and oxygen atoms in total. The van der Waals surface area contributed by atoms with Gasteiger partial charge in [0.25, 0.3) is 0 Å². The SMILES string of the molecule is CN=N/C(=C\CN)C(C)C. The third-order valence-electron chi connectivity index (χ3n) is 1.13. The van der Waals surface area contributed by atoms with Crippen LogP contribution in [0, 0.1) is 5.92 Å². The van der Waals surface area contributed by atoms with Gasteiger partial charge >= 0.3 is 0 Å². The van der Waals surface area contributed by atoms with E-state index in [1.165, 1.54) is 0 Å². The molecule has 0 saturated carbocycles. The molecule has 0 aliphatic rings. The van der Waals surface area contributed by atoms with Crippen molar-refractivity contribution in [3.05, 3.63) is 11.8 Å². The van der Waals surface area contributed by atoms with Crippen LogP contribution in [0.1, 0.15) is 13.8 Å². The first-order valence-corrected chi connectivity index (χ1v) is 3.42. The molecule has 0 aromatic rings. The fraction of sp³-hybridized carbons (Fsp3) is 0.714. The predicted octanol–water partition coefficient (Wildman–Crippen LogP) is 1.57. The molecule has 0 radical (unpaired) electrons. The van der Waals surface area contributed by atoms with Crippen LogP contribution in [0.2, 0.25) is 0 Å². The molecule has 0 aromatic heterocycles. The van der Waals surface area contributed by atoms with Gasteiger partial charge in [0.05, 0.1) is 5.70 Å². The smallest absolute Gasteiger partial charge is 0.0624 e. The Hall–Kier alpha value is -0.700. The third kappa shape index (κ3) is 3.35. The van der Waals surface area contributed by atoms with Crippen LogP contribution in [0.25, 0.3) is 0 Å². The maximum atomic E-state index is 5.32. The van der Waals surface area contributed by atoms with E-state index in [9.17, 15) is 0 Å². The zero-order chi connectivity index (χ0) is 7.98. The van der Waals surface area contributed by atoms with Crippen molar-refractivity contribution in [2.75, 3.05) is 13.6 Å². The van der Waals surface area contributed by atoms with Gasteiger partial charge in [-0.2, -0.15) is 10.2 Å². The summed E-state index contributed by atoms with van der Waals surface area (Å²) in [5.41, 5.74) is 6.28. The quantitative estimate of drug-likeness (QED) is 0.596. The van der Waals surface area contributed by atoms with Crippen molar-refractivity contribution in [3.8, 4) is 0 Å². The van der Waals surface area contributed by atoms with E-state index >= 15 is 0 Å². The molecule has 0 aliphatic carbocycles. The first-order valence-electron chi connectivity index (χ1n) is 3.42. The summed E-state index contributed by atoms with van der Waals surface area (Å²) in [6.07, 6.45) is 1.89. The van der Waals surface area contributed by atoms with E-state index in [0.29, 0.717) is 12.5 Å². The van der Waals surface area contributed by atoms with E-state index in [2.05, 4.69) is 24.1 Å². The second-order valence-corrected chi connectivity index (χ2v) is 2.32. The molecule has 0 rings (SSSR count). The minimum absolute atomic E-state index is 0.409. The highest BCUT2D eigenvalue weighted by Crippen LogP contribution is 2.09. The Morgan fingerprint density at radius 2 is 2.20 bits per heavy atom. The zero-order valence-corrected chi connectivity index (χ0v) is 6.83. The molecular formula is C7H15N3. The number of hydrogen-bond donors (Lipinski definition) is 1. The fourth-order valence-electron chi connectivity index (χ4n) is 0.628. The molecule has 2 N–H and O–H groups in total.